The number of carbonyl (C=O) groups is 2. The van der Waals surface area contributed by atoms with E-state index in [2.05, 4.69) is 4.74 Å². The Morgan fingerprint density at radius 1 is 1.16 bits per heavy atom. The highest BCUT2D eigenvalue weighted by atomic mass is 16.6. The Morgan fingerprint density at radius 2 is 1.84 bits per heavy atom. The van der Waals surface area contributed by atoms with Gasteiger partial charge in [-0.3, -0.25) is 10.1 Å². The molecule has 0 saturated heterocycles. The highest BCUT2D eigenvalue weighted by Gasteiger charge is 2.19. The molecule has 8 heteroatoms. The van der Waals surface area contributed by atoms with Crippen molar-refractivity contribution in [2.24, 2.45) is 0 Å². The molecule has 2 aromatic carbocycles. The van der Waals surface area contributed by atoms with Gasteiger partial charge in [0.2, 0.25) is 0 Å². The first-order valence-electron chi connectivity index (χ1n) is 6.98. The van der Waals surface area contributed by atoms with Crippen LogP contribution in [0.4, 0.5) is 5.69 Å². The molecule has 0 atom stereocenters. The fourth-order valence-electron chi connectivity index (χ4n) is 2.03. The molecule has 0 aliphatic carbocycles. The molecule has 0 heterocycles. The summed E-state index contributed by atoms with van der Waals surface area (Å²) >= 11 is 0. The van der Waals surface area contributed by atoms with Crippen molar-refractivity contribution in [1.29, 1.82) is 5.26 Å². The Labute approximate surface area is 142 Å². The second kappa shape index (κ2) is 7.70. The van der Waals surface area contributed by atoms with Crippen molar-refractivity contribution in [3.63, 3.8) is 0 Å². The topological polar surface area (TPSA) is 120 Å². The first-order valence-corrected chi connectivity index (χ1v) is 6.98. The predicted octanol–water partition coefficient (Wildman–Crippen LogP) is 2.61. The van der Waals surface area contributed by atoms with Crippen LogP contribution < -0.4 is 0 Å². The van der Waals surface area contributed by atoms with E-state index in [1.807, 2.05) is 6.07 Å². The summed E-state index contributed by atoms with van der Waals surface area (Å²) in [5.41, 5.74) is 0.297. The number of hydrogen-bond donors (Lipinski definition) is 0. The van der Waals surface area contributed by atoms with Crippen molar-refractivity contribution in [2.75, 3.05) is 7.11 Å². The van der Waals surface area contributed by atoms with Gasteiger partial charge in [0.1, 0.15) is 6.61 Å². The van der Waals surface area contributed by atoms with Gasteiger partial charge in [-0.05, 0) is 23.8 Å². The molecule has 2 rings (SSSR count). The van der Waals surface area contributed by atoms with Crippen LogP contribution >= 0.6 is 0 Å². The summed E-state index contributed by atoms with van der Waals surface area (Å²) in [4.78, 5) is 34.0. The van der Waals surface area contributed by atoms with Gasteiger partial charge >= 0.3 is 11.9 Å². The maximum Gasteiger partial charge on any atom is 0.338 e. The average Bonchev–Trinajstić information content (AvgIpc) is 2.65. The lowest BCUT2D eigenvalue weighted by Gasteiger charge is -2.07. The number of nitro groups is 1. The van der Waals surface area contributed by atoms with E-state index in [0.29, 0.717) is 11.1 Å². The van der Waals surface area contributed by atoms with Crippen LogP contribution in [0.2, 0.25) is 0 Å². The smallest absolute Gasteiger partial charge is 0.338 e. The summed E-state index contributed by atoms with van der Waals surface area (Å²) < 4.78 is 9.61. The number of nitro benzene ring substituents is 1. The lowest BCUT2D eigenvalue weighted by Crippen LogP contribution is -2.09. The molecule has 0 fully saturated rings. The highest BCUT2D eigenvalue weighted by molar-refractivity contribution is 5.96. The van der Waals surface area contributed by atoms with Crippen molar-refractivity contribution in [2.45, 2.75) is 6.61 Å². The normalized spacial score (nSPS) is 9.76. The Balaban J connectivity index is 2.23. The lowest BCUT2D eigenvalue weighted by molar-refractivity contribution is -0.384. The van der Waals surface area contributed by atoms with Crippen LogP contribution in [-0.2, 0) is 16.1 Å². The minimum absolute atomic E-state index is 0.120. The van der Waals surface area contributed by atoms with Crippen LogP contribution in [-0.4, -0.2) is 24.0 Å². The number of ether oxygens (including phenoxy) is 2. The molecule has 126 valence electrons. The summed E-state index contributed by atoms with van der Waals surface area (Å²) in [7, 11) is 1.13. The number of methoxy groups -OCH3 is 1. The number of carbonyl (C=O) groups excluding carboxylic acids is 2. The molecule has 0 N–H and O–H groups in total. The Morgan fingerprint density at radius 3 is 2.44 bits per heavy atom. The van der Waals surface area contributed by atoms with E-state index in [0.717, 1.165) is 25.3 Å². The zero-order valence-electron chi connectivity index (χ0n) is 13.1. The van der Waals surface area contributed by atoms with Gasteiger partial charge in [-0.15, -0.1) is 0 Å². The van der Waals surface area contributed by atoms with Gasteiger partial charge in [-0.1, -0.05) is 12.1 Å². The zero-order chi connectivity index (χ0) is 18.4. The third kappa shape index (κ3) is 4.39. The standard InChI is InChI=1S/C17H12N2O6/c1-24-16(20)13-6-14(8-15(7-13)19(22)23)17(21)25-10-12-4-2-3-11(5-12)9-18/h2-8H,10H2,1H3. The van der Waals surface area contributed by atoms with Gasteiger partial charge < -0.3 is 9.47 Å². The van der Waals surface area contributed by atoms with E-state index in [4.69, 9.17) is 10.00 Å². The Kier molecular flexibility index (Phi) is 5.43. The van der Waals surface area contributed by atoms with E-state index in [1.165, 1.54) is 0 Å². The first-order chi connectivity index (χ1) is 11.9. The van der Waals surface area contributed by atoms with Crippen molar-refractivity contribution in [1.82, 2.24) is 0 Å². The number of rotatable bonds is 5. The molecule has 8 nitrogen and oxygen atoms in total. The Hall–Kier alpha value is -3.73. The van der Waals surface area contributed by atoms with Gasteiger partial charge in [0.25, 0.3) is 5.69 Å². The molecule has 0 aliphatic heterocycles. The molecule has 0 aromatic heterocycles. The average molecular weight is 340 g/mol. The Bertz CT molecular complexity index is 885. The fourth-order valence-corrected chi connectivity index (χ4v) is 2.03. The second-order valence-electron chi connectivity index (χ2n) is 4.91. The van der Waals surface area contributed by atoms with Crippen molar-refractivity contribution < 1.29 is 24.0 Å². The summed E-state index contributed by atoms with van der Waals surface area (Å²) in [6.07, 6.45) is 0. The lowest BCUT2D eigenvalue weighted by atomic mass is 10.1. The number of nitriles is 1. The fraction of sp³-hybridized carbons (Fsp3) is 0.118. The van der Waals surface area contributed by atoms with Crippen LogP contribution in [0, 0.1) is 21.4 Å². The number of non-ortho nitro benzene ring substituents is 1. The SMILES string of the molecule is COC(=O)c1cc(C(=O)OCc2cccc(C#N)c2)cc([N+](=O)[O-])c1. The largest absolute Gasteiger partial charge is 0.465 e. The molecule has 2 aromatic rings. The highest BCUT2D eigenvalue weighted by Crippen LogP contribution is 2.19. The van der Waals surface area contributed by atoms with Crippen molar-refractivity contribution in [3.8, 4) is 6.07 Å². The summed E-state index contributed by atoms with van der Waals surface area (Å²) in [6, 6.07) is 11.6. The first kappa shape index (κ1) is 17.6. The minimum atomic E-state index is -0.837. The number of hydrogen-bond acceptors (Lipinski definition) is 7. The number of benzene rings is 2. The van der Waals surface area contributed by atoms with Gasteiger partial charge in [0.05, 0.1) is 34.8 Å². The third-order valence-corrected chi connectivity index (χ3v) is 3.21. The zero-order valence-corrected chi connectivity index (χ0v) is 13.1. The van der Waals surface area contributed by atoms with E-state index < -0.39 is 22.5 Å². The van der Waals surface area contributed by atoms with E-state index in [1.54, 1.807) is 24.3 Å². The predicted molar refractivity (Wildman–Crippen MR) is 84.7 cm³/mol. The van der Waals surface area contributed by atoms with Gasteiger partial charge in [0.15, 0.2) is 0 Å². The molecule has 0 radical (unpaired) electrons. The molecule has 0 bridgehead atoms. The van der Waals surface area contributed by atoms with Crippen LogP contribution in [0.25, 0.3) is 0 Å². The van der Waals surface area contributed by atoms with Crippen molar-refractivity contribution in [3.05, 3.63) is 74.8 Å². The van der Waals surface area contributed by atoms with Gasteiger partial charge in [-0.2, -0.15) is 5.26 Å². The molecule has 0 spiro atoms. The van der Waals surface area contributed by atoms with E-state index in [9.17, 15) is 19.7 Å². The van der Waals surface area contributed by atoms with Crippen LogP contribution in [0.3, 0.4) is 0 Å². The monoisotopic (exact) mass is 340 g/mol. The molecule has 25 heavy (non-hydrogen) atoms. The van der Waals surface area contributed by atoms with Gasteiger partial charge in [-0.25, -0.2) is 9.59 Å². The molecule has 0 unspecified atom stereocenters. The van der Waals surface area contributed by atoms with Crippen molar-refractivity contribution >= 4 is 17.6 Å². The summed E-state index contributed by atoms with van der Waals surface area (Å²) in [5.74, 6) is -1.64. The van der Waals surface area contributed by atoms with Crippen LogP contribution in [0.5, 0.6) is 0 Å². The third-order valence-electron chi connectivity index (χ3n) is 3.21. The maximum atomic E-state index is 12.1. The number of nitrogens with zero attached hydrogens (tertiary/aromatic N) is 2. The number of esters is 2. The maximum absolute atomic E-state index is 12.1. The van der Waals surface area contributed by atoms with Crippen LogP contribution in [0.1, 0.15) is 31.8 Å². The molecular formula is C17H12N2O6. The quantitative estimate of drug-likeness (QED) is 0.466. The summed E-state index contributed by atoms with van der Waals surface area (Å²) in [6.45, 7) is -0.120. The second-order valence-corrected chi connectivity index (χ2v) is 4.91. The molecule has 0 amide bonds. The van der Waals surface area contributed by atoms with Gasteiger partial charge in [0, 0.05) is 12.1 Å². The summed E-state index contributed by atoms with van der Waals surface area (Å²) in [5, 5.41) is 19.8. The van der Waals surface area contributed by atoms with Crippen LogP contribution in [0.15, 0.2) is 42.5 Å². The van der Waals surface area contributed by atoms with E-state index in [-0.39, 0.29) is 17.7 Å². The molecule has 0 saturated carbocycles. The van der Waals surface area contributed by atoms with E-state index >= 15 is 0 Å². The minimum Gasteiger partial charge on any atom is -0.465 e. The molecular weight excluding hydrogens is 328 g/mol. The molecule has 0 aliphatic rings.